The summed E-state index contributed by atoms with van der Waals surface area (Å²) in [4.78, 5) is 10.8. The number of nitrogens with zero attached hydrogens (tertiary/aromatic N) is 1. The zero-order valence-corrected chi connectivity index (χ0v) is 11.2. The number of ether oxygens (including phenoxy) is 1. The molecule has 22 heavy (non-hydrogen) atoms. The molecule has 2 atom stereocenters. The molecule has 2 N–H and O–H groups in total. The number of aliphatic carboxylic acids is 1. The molecular weight excluding hydrogens is 324 g/mol. The van der Waals surface area contributed by atoms with Crippen LogP contribution in [0.5, 0.6) is 0 Å². The van der Waals surface area contributed by atoms with Crippen LogP contribution in [0.15, 0.2) is 0 Å². The van der Waals surface area contributed by atoms with Gasteiger partial charge in [-0.05, 0) is 25.8 Å². The minimum absolute atomic E-state index is 0.0787. The maximum absolute atomic E-state index is 12.0. The van der Waals surface area contributed by atoms with Gasteiger partial charge in [-0.15, -0.1) is 13.2 Å². The summed E-state index contributed by atoms with van der Waals surface area (Å²) in [5, 5.41) is 16.4. The van der Waals surface area contributed by atoms with Crippen LogP contribution in [0.2, 0.25) is 0 Å². The van der Waals surface area contributed by atoms with Gasteiger partial charge in [0.2, 0.25) is 0 Å². The van der Waals surface area contributed by atoms with Crippen molar-refractivity contribution in [3.8, 4) is 0 Å². The van der Waals surface area contributed by atoms with Crippen molar-refractivity contribution in [3.63, 3.8) is 0 Å². The molecular formula is C11H15F6NO4. The van der Waals surface area contributed by atoms with E-state index in [4.69, 9.17) is 9.90 Å². The van der Waals surface area contributed by atoms with E-state index in [0.29, 0.717) is 0 Å². The number of fused-ring (bicyclic) bond motifs is 1. The minimum atomic E-state index is -5.08. The summed E-state index contributed by atoms with van der Waals surface area (Å²) in [6.45, 7) is 0.961. The SMILES string of the molecule is O=C(O)C(F)(F)F.OC[C@]12CCCN1C[C@H](OC(F)(F)F)C2. The number of alkyl halides is 6. The molecule has 130 valence electrons. The Hall–Kier alpha value is -1.07. The van der Waals surface area contributed by atoms with Crippen LogP contribution >= 0.6 is 0 Å². The molecule has 2 rings (SSSR count). The third kappa shape index (κ3) is 4.99. The number of hydrogen-bond acceptors (Lipinski definition) is 4. The normalized spacial score (nSPS) is 29.0. The monoisotopic (exact) mass is 339 g/mol. The molecule has 0 aromatic carbocycles. The molecule has 2 aliphatic rings. The average Bonchev–Trinajstić information content (AvgIpc) is 2.82. The van der Waals surface area contributed by atoms with Gasteiger partial charge < -0.3 is 10.2 Å². The molecule has 0 unspecified atom stereocenters. The molecule has 2 saturated heterocycles. The van der Waals surface area contributed by atoms with E-state index in [0.717, 1.165) is 19.4 Å². The second-order valence-electron chi connectivity index (χ2n) is 5.12. The molecule has 0 aromatic heterocycles. The summed E-state index contributed by atoms with van der Waals surface area (Å²) in [5.41, 5.74) is -0.448. The van der Waals surface area contributed by atoms with Crippen LogP contribution in [0.4, 0.5) is 26.3 Å². The lowest BCUT2D eigenvalue weighted by molar-refractivity contribution is -0.340. The Kier molecular flexibility index (Phi) is 5.68. The highest BCUT2D eigenvalue weighted by molar-refractivity contribution is 5.73. The van der Waals surface area contributed by atoms with Crippen LogP contribution < -0.4 is 0 Å². The summed E-state index contributed by atoms with van der Waals surface area (Å²) >= 11 is 0. The summed E-state index contributed by atoms with van der Waals surface area (Å²) in [5.74, 6) is -2.76. The van der Waals surface area contributed by atoms with Gasteiger partial charge in [0.25, 0.3) is 0 Å². The average molecular weight is 339 g/mol. The fourth-order valence-corrected chi connectivity index (χ4v) is 2.76. The Labute approximate surface area is 121 Å². The predicted molar refractivity (Wildman–Crippen MR) is 59.9 cm³/mol. The quantitative estimate of drug-likeness (QED) is 0.750. The Morgan fingerprint density at radius 3 is 2.18 bits per heavy atom. The number of carbonyl (C=O) groups is 1. The van der Waals surface area contributed by atoms with Crippen LogP contribution in [0.3, 0.4) is 0 Å². The van der Waals surface area contributed by atoms with Crippen LogP contribution in [0, 0.1) is 0 Å². The van der Waals surface area contributed by atoms with Gasteiger partial charge in [0.15, 0.2) is 0 Å². The molecule has 5 nitrogen and oxygen atoms in total. The zero-order valence-electron chi connectivity index (χ0n) is 11.2. The van der Waals surface area contributed by atoms with E-state index in [2.05, 4.69) is 4.74 Å². The van der Waals surface area contributed by atoms with Crippen molar-refractivity contribution >= 4 is 5.97 Å². The highest BCUT2D eigenvalue weighted by Gasteiger charge is 2.50. The lowest BCUT2D eigenvalue weighted by Gasteiger charge is -2.28. The molecule has 11 heteroatoms. The van der Waals surface area contributed by atoms with E-state index >= 15 is 0 Å². The van der Waals surface area contributed by atoms with Crippen molar-refractivity contribution in [1.82, 2.24) is 4.90 Å². The summed E-state index contributed by atoms with van der Waals surface area (Å²) in [6, 6.07) is 0. The third-order valence-electron chi connectivity index (χ3n) is 3.61. The van der Waals surface area contributed by atoms with Gasteiger partial charge in [0, 0.05) is 12.1 Å². The van der Waals surface area contributed by atoms with E-state index in [9.17, 15) is 31.4 Å². The first kappa shape index (κ1) is 19.0. The minimum Gasteiger partial charge on any atom is -0.475 e. The summed E-state index contributed by atoms with van der Waals surface area (Å²) < 4.78 is 71.8. The molecule has 0 amide bonds. The molecule has 0 spiro atoms. The van der Waals surface area contributed by atoms with Gasteiger partial charge >= 0.3 is 18.5 Å². The van der Waals surface area contributed by atoms with Crippen molar-refractivity contribution in [2.24, 2.45) is 0 Å². The van der Waals surface area contributed by atoms with Gasteiger partial charge in [-0.1, -0.05) is 0 Å². The van der Waals surface area contributed by atoms with Crippen molar-refractivity contribution in [3.05, 3.63) is 0 Å². The molecule has 0 saturated carbocycles. The second kappa shape index (κ2) is 6.59. The Bertz CT molecular complexity index is 399. The van der Waals surface area contributed by atoms with E-state index in [-0.39, 0.29) is 19.6 Å². The number of aliphatic hydroxyl groups is 1. The highest BCUT2D eigenvalue weighted by atomic mass is 19.4. The van der Waals surface area contributed by atoms with Crippen LogP contribution in [-0.2, 0) is 9.53 Å². The number of hydrogen-bond donors (Lipinski definition) is 2. The fraction of sp³-hybridized carbons (Fsp3) is 0.909. The molecule has 0 bridgehead atoms. The lowest BCUT2D eigenvalue weighted by atomic mass is 9.94. The smallest absolute Gasteiger partial charge is 0.475 e. The summed E-state index contributed by atoms with van der Waals surface area (Å²) in [7, 11) is 0. The van der Waals surface area contributed by atoms with Crippen LogP contribution in [0.25, 0.3) is 0 Å². The van der Waals surface area contributed by atoms with Gasteiger partial charge in [-0.3, -0.25) is 9.64 Å². The third-order valence-corrected chi connectivity index (χ3v) is 3.61. The molecule has 2 aliphatic heterocycles. The molecule has 0 aliphatic carbocycles. The Morgan fingerprint density at radius 1 is 1.27 bits per heavy atom. The molecule has 2 heterocycles. The topological polar surface area (TPSA) is 70.0 Å². The maximum atomic E-state index is 12.0. The Balaban J connectivity index is 0.000000295. The second-order valence-corrected chi connectivity index (χ2v) is 5.12. The van der Waals surface area contributed by atoms with Crippen molar-refractivity contribution < 1.29 is 46.1 Å². The standard InChI is InChI=1S/C9H14F3NO2.C2HF3O2/c10-9(11,12)15-7-4-8(6-14)2-1-3-13(8)5-7;3-2(4,5)1(6)7/h7,14H,1-6H2;(H,6,7)/t7-,8-;/m1./s1. The largest absolute Gasteiger partial charge is 0.522 e. The van der Waals surface area contributed by atoms with Crippen LogP contribution in [-0.4, -0.2) is 65.0 Å². The van der Waals surface area contributed by atoms with Crippen molar-refractivity contribution in [2.45, 2.75) is 43.4 Å². The van der Waals surface area contributed by atoms with E-state index in [1.54, 1.807) is 0 Å². The number of carboxylic acids is 1. The number of halogens is 6. The van der Waals surface area contributed by atoms with Gasteiger partial charge in [-0.25, -0.2) is 4.79 Å². The van der Waals surface area contributed by atoms with Gasteiger partial charge in [-0.2, -0.15) is 13.2 Å². The molecule has 0 radical (unpaired) electrons. The maximum Gasteiger partial charge on any atom is 0.522 e. The number of carboxylic acid groups (broad SMARTS) is 1. The Morgan fingerprint density at radius 2 is 1.82 bits per heavy atom. The van der Waals surface area contributed by atoms with Gasteiger partial charge in [0.1, 0.15) is 0 Å². The van der Waals surface area contributed by atoms with E-state index < -0.39 is 30.2 Å². The first-order valence-electron chi connectivity index (χ1n) is 6.30. The highest BCUT2D eigenvalue weighted by Crippen LogP contribution is 2.40. The lowest BCUT2D eigenvalue weighted by Crippen LogP contribution is -2.41. The number of rotatable bonds is 2. The zero-order chi connectivity index (χ0) is 17.2. The molecule has 0 aromatic rings. The van der Waals surface area contributed by atoms with Crippen LogP contribution in [0.1, 0.15) is 19.3 Å². The van der Waals surface area contributed by atoms with E-state index in [1.165, 1.54) is 0 Å². The van der Waals surface area contributed by atoms with Crippen molar-refractivity contribution in [1.29, 1.82) is 0 Å². The molecule has 2 fully saturated rings. The first-order valence-corrected chi connectivity index (χ1v) is 6.30. The predicted octanol–water partition coefficient (Wildman–Crippen LogP) is 1.76. The summed E-state index contributed by atoms with van der Waals surface area (Å²) in [6.07, 6.45) is -8.48. The number of aliphatic hydroxyl groups excluding tert-OH is 1. The van der Waals surface area contributed by atoms with E-state index in [1.807, 2.05) is 4.90 Å². The first-order chi connectivity index (χ1) is 9.89. The fourth-order valence-electron chi connectivity index (χ4n) is 2.76. The van der Waals surface area contributed by atoms with Gasteiger partial charge in [0.05, 0.1) is 12.7 Å². The van der Waals surface area contributed by atoms with Crippen molar-refractivity contribution in [2.75, 3.05) is 19.7 Å².